The fourth-order valence-corrected chi connectivity index (χ4v) is 3.98. The molecule has 0 fully saturated rings. The SMILES string of the molecule is COc1cc(NS(=O)(=O)c2cn(C(C)C)c3ncccc23)cc(OC)c1. The van der Waals surface area contributed by atoms with Crippen molar-refractivity contribution < 1.29 is 17.9 Å². The Bertz CT molecular complexity index is 1020. The zero-order valence-electron chi connectivity index (χ0n) is 15.1. The van der Waals surface area contributed by atoms with Gasteiger partial charge in [-0.25, -0.2) is 13.4 Å². The number of hydrogen-bond donors (Lipinski definition) is 1. The van der Waals surface area contributed by atoms with Crippen molar-refractivity contribution in [3.63, 3.8) is 0 Å². The molecule has 1 N–H and O–H groups in total. The molecule has 0 atom stereocenters. The van der Waals surface area contributed by atoms with Crippen molar-refractivity contribution in [3.05, 3.63) is 42.7 Å². The van der Waals surface area contributed by atoms with E-state index in [0.29, 0.717) is 28.2 Å². The highest BCUT2D eigenvalue weighted by Crippen LogP contribution is 2.31. The van der Waals surface area contributed by atoms with Crippen LogP contribution in [-0.2, 0) is 10.0 Å². The molecule has 0 aliphatic rings. The van der Waals surface area contributed by atoms with Crippen LogP contribution in [0.4, 0.5) is 5.69 Å². The Morgan fingerprint density at radius 3 is 2.35 bits per heavy atom. The summed E-state index contributed by atoms with van der Waals surface area (Å²) in [4.78, 5) is 4.51. The number of anilines is 1. The maximum absolute atomic E-state index is 13.0. The summed E-state index contributed by atoms with van der Waals surface area (Å²) < 4.78 is 40.9. The second-order valence-corrected chi connectivity index (χ2v) is 7.73. The number of aromatic nitrogens is 2. The fourth-order valence-electron chi connectivity index (χ4n) is 2.74. The molecule has 2 aromatic heterocycles. The Morgan fingerprint density at radius 2 is 1.77 bits per heavy atom. The summed E-state index contributed by atoms with van der Waals surface area (Å²) in [5.41, 5.74) is 0.988. The van der Waals surface area contributed by atoms with E-state index in [0.717, 1.165) is 0 Å². The van der Waals surface area contributed by atoms with Gasteiger partial charge in [-0.15, -0.1) is 0 Å². The standard InChI is InChI=1S/C18H21N3O4S/c1-12(2)21-11-17(16-6-5-7-19-18(16)21)26(22,23)20-13-8-14(24-3)10-15(9-13)25-4/h5-12,20H,1-4H3. The van der Waals surface area contributed by atoms with Gasteiger partial charge in [0.15, 0.2) is 0 Å². The summed E-state index contributed by atoms with van der Waals surface area (Å²) in [5, 5.41) is 0.573. The third-order valence-electron chi connectivity index (χ3n) is 4.00. The Labute approximate surface area is 152 Å². The lowest BCUT2D eigenvalue weighted by Gasteiger charge is -2.11. The van der Waals surface area contributed by atoms with E-state index in [9.17, 15) is 8.42 Å². The van der Waals surface area contributed by atoms with E-state index in [1.54, 1.807) is 42.7 Å². The Kier molecular flexibility index (Phi) is 4.78. The van der Waals surface area contributed by atoms with Gasteiger partial charge < -0.3 is 14.0 Å². The maximum Gasteiger partial charge on any atom is 0.264 e. The predicted molar refractivity (Wildman–Crippen MR) is 100 cm³/mol. The van der Waals surface area contributed by atoms with Crippen LogP contribution < -0.4 is 14.2 Å². The highest BCUT2D eigenvalue weighted by atomic mass is 32.2. The first-order valence-corrected chi connectivity index (χ1v) is 9.55. The van der Waals surface area contributed by atoms with Crippen LogP contribution in [0.25, 0.3) is 11.0 Å². The molecule has 3 aromatic rings. The predicted octanol–water partition coefficient (Wildman–Crippen LogP) is 3.44. The summed E-state index contributed by atoms with van der Waals surface area (Å²) >= 11 is 0. The van der Waals surface area contributed by atoms with Crippen molar-refractivity contribution in [2.75, 3.05) is 18.9 Å². The van der Waals surface area contributed by atoms with Crippen LogP contribution in [0, 0.1) is 0 Å². The summed E-state index contributed by atoms with van der Waals surface area (Å²) in [6.07, 6.45) is 3.26. The minimum Gasteiger partial charge on any atom is -0.497 e. The lowest BCUT2D eigenvalue weighted by molar-refractivity contribution is 0.395. The van der Waals surface area contributed by atoms with Crippen molar-refractivity contribution >= 4 is 26.7 Å². The molecule has 0 bridgehead atoms. The number of fused-ring (bicyclic) bond motifs is 1. The monoisotopic (exact) mass is 375 g/mol. The molecule has 0 saturated heterocycles. The fraction of sp³-hybridized carbons (Fsp3) is 0.278. The molecule has 7 nitrogen and oxygen atoms in total. The second-order valence-electron chi connectivity index (χ2n) is 6.08. The number of sulfonamides is 1. The summed E-state index contributed by atoms with van der Waals surface area (Å²) in [7, 11) is -0.807. The van der Waals surface area contributed by atoms with Gasteiger partial charge in [0.2, 0.25) is 0 Å². The molecule has 0 aliphatic heterocycles. The molecule has 0 spiro atoms. The van der Waals surface area contributed by atoms with E-state index >= 15 is 0 Å². The Balaban J connectivity index is 2.08. The second kappa shape index (κ2) is 6.87. The number of ether oxygens (including phenoxy) is 2. The summed E-state index contributed by atoms with van der Waals surface area (Å²) in [5.74, 6) is 0.988. The molecule has 3 rings (SSSR count). The average Bonchev–Trinajstić information content (AvgIpc) is 3.01. The van der Waals surface area contributed by atoms with Crippen LogP contribution in [0.5, 0.6) is 11.5 Å². The topological polar surface area (TPSA) is 82.5 Å². The van der Waals surface area contributed by atoms with E-state index in [-0.39, 0.29) is 10.9 Å². The van der Waals surface area contributed by atoms with E-state index in [1.807, 2.05) is 18.4 Å². The smallest absolute Gasteiger partial charge is 0.264 e. The number of rotatable bonds is 6. The van der Waals surface area contributed by atoms with Gasteiger partial charge in [0.25, 0.3) is 10.0 Å². The van der Waals surface area contributed by atoms with Crippen LogP contribution in [-0.4, -0.2) is 32.2 Å². The number of pyridine rings is 1. The lowest BCUT2D eigenvalue weighted by atomic mass is 10.3. The third kappa shape index (κ3) is 3.32. The highest BCUT2D eigenvalue weighted by molar-refractivity contribution is 7.93. The summed E-state index contributed by atoms with van der Waals surface area (Å²) in [6.45, 7) is 3.95. The van der Waals surface area contributed by atoms with Crippen molar-refractivity contribution in [1.82, 2.24) is 9.55 Å². The molecule has 0 amide bonds. The van der Waals surface area contributed by atoms with Crippen LogP contribution in [0.3, 0.4) is 0 Å². The van der Waals surface area contributed by atoms with Gasteiger partial charge in [-0.2, -0.15) is 0 Å². The minimum absolute atomic E-state index is 0.0771. The van der Waals surface area contributed by atoms with Crippen LogP contribution >= 0.6 is 0 Å². The van der Waals surface area contributed by atoms with E-state index in [1.165, 1.54) is 14.2 Å². The number of nitrogens with zero attached hydrogens (tertiary/aromatic N) is 2. The molecule has 0 saturated carbocycles. The zero-order chi connectivity index (χ0) is 18.9. The number of methoxy groups -OCH3 is 2. The molecule has 0 radical (unpaired) electrons. The Morgan fingerprint density at radius 1 is 1.12 bits per heavy atom. The van der Waals surface area contributed by atoms with Crippen LogP contribution in [0.2, 0.25) is 0 Å². The molecular weight excluding hydrogens is 354 g/mol. The molecule has 0 aliphatic carbocycles. The number of benzene rings is 1. The molecule has 26 heavy (non-hydrogen) atoms. The Hall–Kier alpha value is -2.74. The first-order chi connectivity index (χ1) is 12.4. The van der Waals surface area contributed by atoms with E-state index in [2.05, 4.69) is 9.71 Å². The lowest BCUT2D eigenvalue weighted by Crippen LogP contribution is -2.13. The van der Waals surface area contributed by atoms with E-state index < -0.39 is 10.0 Å². The van der Waals surface area contributed by atoms with Crippen LogP contribution in [0.15, 0.2) is 47.6 Å². The average molecular weight is 375 g/mol. The third-order valence-corrected chi connectivity index (χ3v) is 5.41. The van der Waals surface area contributed by atoms with Gasteiger partial charge in [0.05, 0.1) is 19.9 Å². The first kappa shape index (κ1) is 18.1. The normalized spacial score (nSPS) is 11.7. The molecule has 8 heteroatoms. The van der Waals surface area contributed by atoms with Crippen molar-refractivity contribution in [2.24, 2.45) is 0 Å². The number of hydrogen-bond acceptors (Lipinski definition) is 5. The first-order valence-electron chi connectivity index (χ1n) is 8.07. The van der Waals surface area contributed by atoms with Gasteiger partial charge in [-0.3, -0.25) is 4.72 Å². The zero-order valence-corrected chi connectivity index (χ0v) is 15.9. The van der Waals surface area contributed by atoms with Gasteiger partial charge in [0.1, 0.15) is 22.0 Å². The van der Waals surface area contributed by atoms with Gasteiger partial charge in [-0.1, -0.05) is 0 Å². The van der Waals surface area contributed by atoms with Gasteiger partial charge in [-0.05, 0) is 26.0 Å². The maximum atomic E-state index is 13.0. The minimum atomic E-state index is -3.82. The molecule has 1 aromatic carbocycles. The largest absolute Gasteiger partial charge is 0.497 e. The quantitative estimate of drug-likeness (QED) is 0.714. The van der Waals surface area contributed by atoms with Crippen molar-refractivity contribution in [3.8, 4) is 11.5 Å². The molecule has 138 valence electrons. The van der Waals surface area contributed by atoms with Crippen molar-refractivity contribution in [1.29, 1.82) is 0 Å². The van der Waals surface area contributed by atoms with Crippen molar-refractivity contribution in [2.45, 2.75) is 24.8 Å². The number of nitrogens with one attached hydrogen (secondary N) is 1. The summed E-state index contributed by atoms with van der Waals surface area (Å²) in [6, 6.07) is 8.42. The van der Waals surface area contributed by atoms with Gasteiger partial charge >= 0.3 is 0 Å². The molecular formula is C18H21N3O4S. The van der Waals surface area contributed by atoms with Gasteiger partial charge in [0, 0.05) is 42.0 Å². The van der Waals surface area contributed by atoms with Crippen LogP contribution in [0.1, 0.15) is 19.9 Å². The highest BCUT2D eigenvalue weighted by Gasteiger charge is 2.23. The molecule has 0 unspecified atom stereocenters. The molecule has 2 heterocycles. The van der Waals surface area contributed by atoms with E-state index in [4.69, 9.17) is 9.47 Å².